The number of H-pyrrole nitrogens is 1. The lowest BCUT2D eigenvalue weighted by Gasteiger charge is -2.08. The van der Waals surface area contributed by atoms with Crippen molar-refractivity contribution in [2.45, 2.75) is 32.6 Å². The van der Waals surface area contributed by atoms with Gasteiger partial charge in [-0.2, -0.15) is 0 Å². The number of rotatable bonds is 4. The predicted molar refractivity (Wildman–Crippen MR) is 105 cm³/mol. The molecule has 128 valence electrons. The summed E-state index contributed by atoms with van der Waals surface area (Å²) < 4.78 is 0. The first-order chi connectivity index (χ1) is 12.2. The number of aromatic nitrogens is 1. The summed E-state index contributed by atoms with van der Waals surface area (Å²) in [5.74, 6) is 0.481. The van der Waals surface area contributed by atoms with Gasteiger partial charge in [-0.3, -0.25) is 4.99 Å². The molecular formula is C21H24N4. The molecule has 0 atom stereocenters. The van der Waals surface area contributed by atoms with Gasteiger partial charge >= 0.3 is 0 Å². The predicted octanol–water partition coefficient (Wildman–Crippen LogP) is 3.93. The van der Waals surface area contributed by atoms with E-state index in [4.69, 9.17) is 5.73 Å². The Kier molecular flexibility index (Phi) is 4.18. The Balaban J connectivity index is 1.41. The van der Waals surface area contributed by atoms with Gasteiger partial charge in [-0.05, 0) is 73.1 Å². The molecule has 0 amide bonds. The number of aliphatic imine (C=N–C) groups is 1. The van der Waals surface area contributed by atoms with Gasteiger partial charge in [-0.15, -0.1) is 0 Å². The number of nitrogens with zero attached hydrogens (tertiary/aromatic N) is 1. The molecule has 0 fully saturated rings. The molecule has 0 radical (unpaired) electrons. The molecule has 0 saturated carbocycles. The smallest absolute Gasteiger partial charge is 0.193 e. The zero-order valence-electron chi connectivity index (χ0n) is 14.6. The highest BCUT2D eigenvalue weighted by Gasteiger charge is 2.11. The SMILES string of the molecule is Cc1cccc2[nH]cc(CCN=C(N)Nc3ccc4c(c3)CCC4)c12. The van der Waals surface area contributed by atoms with Crippen molar-refractivity contribution in [3.63, 3.8) is 0 Å². The van der Waals surface area contributed by atoms with E-state index < -0.39 is 0 Å². The Morgan fingerprint density at radius 2 is 2.08 bits per heavy atom. The minimum atomic E-state index is 0.481. The monoisotopic (exact) mass is 332 g/mol. The Morgan fingerprint density at radius 1 is 1.20 bits per heavy atom. The highest BCUT2D eigenvalue weighted by molar-refractivity contribution is 5.92. The van der Waals surface area contributed by atoms with Crippen LogP contribution in [0.4, 0.5) is 5.69 Å². The largest absolute Gasteiger partial charge is 0.370 e. The Morgan fingerprint density at radius 3 is 3.00 bits per heavy atom. The molecule has 25 heavy (non-hydrogen) atoms. The summed E-state index contributed by atoms with van der Waals surface area (Å²) in [5.41, 5.74) is 13.8. The minimum absolute atomic E-state index is 0.481. The maximum Gasteiger partial charge on any atom is 0.193 e. The fourth-order valence-corrected chi connectivity index (χ4v) is 3.78. The second kappa shape index (κ2) is 6.63. The van der Waals surface area contributed by atoms with Crippen LogP contribution in [0.2, 0.25) is 0 Å². The van der Waals surface area contributed by atoms with E-state index in [9.17, 15) is 0 Å². The van der Waals surface area contributed by atoms with Crippen molar-refractivity contribution in [1.82, 2.24) is 4.98 Å². The summed E-state index contributed by atoms with van der Waals surface area (Å²) in [5, 5.41) is 4.53. The number of nitrogens with one attached hydrogen (secondary N) is 2. The Hall–Kier alpha value is -2.75. The molecule has 1 aliphatic rings. The van der Waals surface area contributed by atoms with Crippen LogP contribution < -0.4 is 11.1 Å². The second-order valence-electron chi connectivity index (χ2n) is 6.79. The average Bonchev–Trinajstić information content (AvgIpc) is 3.22. The third kappa shape index (κ3) is 3.25. The van der Waals surface area contributed by atoms with Crippen molar-refractivity contribution in [3.8, 4) is 0 Å². The van der Waals surface area contributed by atoms with Crippen LogP contribution in [0.25, 0.3) is 10.9 Å². The van der Waals surface area contributed by atoms with Crippen LogP contribution >= 0.6 is 0 Å². The van der Waals surface area contributed by atoms with E-state index in [1.807, 2.05) is 0 Å². The number of guanidine groups is 1. The normalized spacial score (nSPS) is 14.0. The number of anilines is 1. The number of fused-ring (bicyclic) bond motifs is 2. The lowest BCUT2D eigenvalue weighted by molar-refractivity contribution is 0.912. The van der Waals surface area contributed by atoms with E-state index in [0.717, 1.165) is 12.1 Å². The third-order valence-corrected chi connectivity index (χ3v) is 5.03. The highest BCUT2D eigenvalue weighted by Crippen LogP contribution is 2.25. The molecule has 4 N–H and O–H groups in total. The van der Waals surface area contributed by atoms with Gasteiger partial charge in [-0.25, -0.2) is 0 Å². The van der Waals surface area contributed by atoms with Crippen molar-refractivity contribution in [1.29, 1.82) is 0 Å². The van der Waals surface area contributed by atoms with E-state index in [0.29, 0.717) is 12.5 Å². The molecule has 1 aromatic heterocycles. The average molecular weight is 332 g/mol. The quantitative estimate of drug-likeness (QED) is 0.500. The summed E-state index contributed by atoms with van der Waals surface area (Å²) in [6.45, 7) is 2.82. The maximum absolute atomic E-state index is 6.06. The van der Waals surface area contributed by atoms with Gasteiger partial charge in [0.25, 0.3) is 0 Å². The first kappa shape index (κ1) is 15.8. The van der Waals surface area contributed by atoms with Crippen molar-refractivity contribution in [2.75, 3.05) is 11.9 Å². The second-order valence-corrected chi connectivity index (χ2v) is 6.79. The van der Waals surface area contributed by atoms with E-state index >= 15 is 0 Å². The van der Waals surface area contributed by atoms with Crippen LogP contribution in [0.1, 0.15) is 28.7 Å². The summed E-state index contributed by atoms with van der Waals surface area (Å²) >= 11 is 0. The molecule has 3 aromatic rings. The van der Waals surface area contributed by atoms with Crippen LogP contribution in [0, 0.1) is 6.92 Å². The van der Waals surface area contributed by atoms with Gasteiger partial charge in [-0.1, -0.05) is 18.2 Å². The summed E-state index contributed by atoms with van der Waals surface area (Å²) in [6, 6.07) is 12.8. The highest BCUT2D eigenvalue weighted by atomic mass is 15.1. The van der Waals surface area contributed by atoms with Crippen LogP contribution in [0.5, 0.6) is 0 Å². The number of aromatic amines is 1. The van der Waals surface area contributed by atoms with E-state index in [2.05, 4.69) is 64.8 Å². The van der Waals surface area contributed by atoms with E-state index in [1.165, 1.54) is 52.4 Å². The summed E-state index contributed by atoms with van der Waals surface area (Å²) in [4.78, 5) is 7.83. The molecule has 0 saturated heterocycles. The number of hydrogen-bond donors (Lipinski definition) is 3. The topological polar surface area (TPSA) is 66.2 Å². The minimum Gasteiger partial charge on any atom is -0.370 e. The first-order valence-electron chi connectivity index (χ1n) is 8.95. The molecule has 1 heterocycles. The first-order valence-corrected chi connectivity index (χ1v) is 8.95. The summed E-state index contributed by atoms with van der Waals surface area (Å²) in [6.07, 6.45) is 6.58. The van der Waals surface area contributed by atoms with Gasteiger partial charge in [0.1, 0.15) is 0 Å². The van der Waals surface area contributed by atoms with Crippen LogP contribution in [0.15, 0.2) is 47.6 Å². The van der Waals surface area contributed by atoms with Crippen LogP contribution in [-0.2, 0) is 19.3 Å². The van der Waals surface area contributed by atoms with Crippen LogP contribution in [0.3, 0.4) is 0 Å². The molecule has 0 bridgehead atoms. The molecule has 4 nitrogen and oxygen atoms in total. The third-order valence-electron chi connectivity index (χ3n) is 5.03. The number of benzene rings is 2. The molecule has 4 heteroatoms. The fraction of sp³-hybridized carbons (Fsp3) is 0.286. The van der Waals surface area contributed by atoms with Crippen LogP contribution in [-0.4, -0.2) is 17.5 Å². The van der Waals surface area contributed by atoms with Gasteiger partial charge in [0.2, 0.25) is 0 Å². The molecule has 0 aliphatic heterocycles. The zero-order valence-corrected chi connectivity index (χ0v) is 14.6. The molecule has 0 spiro atoms. The van der Waals surface area contributed by atoms with Gasteiger partial charge < -0.3 is 16.0 Å². The van der Waals surface area contributed by atoms with E-state index in [1.54, 1.807) is 0 Å². The van der Waals surface area contributed by atoms with E-state index in [-0.39, 0.29) is 0 Å². The van der Waals surface area contributed by atoms with Crippen molar-refractivity contribution < 1.29 is 0 Å². The van der Waals surface area contributed by atoms with Crippen molar-refractivity contribution in [3.05, 3.63) is 64.8 Å². The molecule has 0 unspecified atom stereocenters. The molecule has 1 aliphatic carbocycles. The van der Waals surface area contributed by atoms with Gasteiger partial charge in [0, 0.05) is 29.3 Å². The van der Waals surface area contributed by atoms with Gasteiger partial charge in [0.15, 0.2) is 5.96 Å². The van der Waals surface area contributed by atoms with Crippen molar-refractivity contribution >= 4 is 22.5 Å². The molecule has 4 rings (SSSR count). The Bertz CT molecular complexity index is 936. The summed E-state index contributed by atoms with van der Waals surface area (Å²) in [7, 11) is 0. The number of hydrogen-bond acceptors (Lipinski definition) is 1. The standard InChI is InChI=1S/C21H24N4/c1-14-4-2-7-19-20(14)17(13-24-19)10-11-23-21(22)25-18-9-8-15-5-3-6-16(15)12-18/h2,4,7-9,12-13,24H,3,5-6,10-11H2,1H3,(H3,22,23,25). The zero-order chi connectivity index (χ0) is 17.2. The van der Waals surface area contributed by atoms with Gasteiger partial charge in [0.05, 0.1) is 0 Å². The molecular weight excluding hydrogens is 308 g/mol. The maximum atomic E-state index is 6.06. The van der Waals surface area contributed by atoms with Crippen molar-refractivity contribution in [2.24, 2.45) is 10.7 Å². The number of nitrogens with two attached hydrogens (primary N) is 1. The molecule has 2 aromatic carbocycles. The number of aryl methyl sites for hydroxylation is 3. The fourth-order valence-electron chi connectivity index (χ4n) is 3.78. The lowest BCUT2D eigenvalue weighted by Crippen LogP contribution is -2.23. The lowest BCUT2D eigenvalue weighted by atomic mass is 10.1. The Labute approximate surface area is 148 Å².